The third-order valence-corrected chi connectivity index (χ3v) is 13.6. The fraction of sp³-hybridized carbons (Fsp3) is 0.719. The molecule has 0 aliphatic heterocycles. The number of carbonyl (C=O) groups is 2. The summed E-state index contributed by atoms with van der Waals surface area (Å²) < 4.78 is 34.2. The van der Waals surface area contributed by atoms with Crippen molar-refractivity contribution in [2.75, 3.05) is 47.5 Å². The predicted octanol–water partition coefficient (Wildman–Crippen LogP) is 18.2. The maximum atomic E-state index is 12.8. The molecule has 10 heteroatoms. The summed E-state index contributed by atoms with van der Waals surface area (Å²) in [5.41, 5.74) is 0. The van der Waals surface area contributed by atoms with Gasteiger partial charge in [-0.25, -0.2) is 0 Å². The van der Waals surface area contributed by atoms with Gasteiger partial charge in [-0.1, -0.05) is 233 Å². The van der Waals surface area contributed by atoms with Crippen molar-refractivity contribution in [3.05, 3.63) is 97.2 Å². The lowest BCUT2D eigenvalue weighted by Crippen LogP contribution is -2.37. The van der Waals surface area contributed by atoms with Gasteiger partial charge in [0.1, 0.15) is 19.8 Å². The number of phosphoric ester groups is 1. The van der Waals surface area contributed by atoms with Crippen molar-refractivity contribution in [3.63, 3.8) is 0 Å². The van der Waals surface area contributed by atoms with E-state index < -0.39 is 26.5 Å². The van der Waals surface area contributed by atoms with E-state index in [1.807, 2.05) is 21.1 Å². The second-order valence-electron chi connectivity index (χ2n) is 21.0. The van der Waals surface area contributed by atoms with E-state index in [1.165, 1.54) is 109 Å². The molecule has 0 N–H and O–H groups in total. The van der Waals surface area contributed by atoms with Gasteiger partial charge in [0.2, 0.25) is 0 Å². The van der Waals surface area contributed by atoms with Crippen molar-refractivity contribution in [2.24, 2.45) is 0 Å². The normalized spacial score (nSPS) is 14.0. The Labute approximate surface area is 455 Å². The van der Waals surface area contributed by atoms with Crippen LogP contribution in [-0.4, -0.2) is 70.0 Å². The molecule has 0 aromatic rings. The highest BCUT2D eigenvalue weighted by molar-refractivity contribution is 7.45. The number of likely N-dealkylation sites (N-methyl/N-ethyl adjacent to an activating group) is 1. The molecule has 0 spiro atoms. The van der Waals surface area contributed by atoms with Crippen LogP contribution in [0, 0.1) is 0 Å². The number of allylic oxidation sites excluding steroid dienone is 16. The van der Waals surface area contributed by atoms with Gasteiger partial charge in [-0.3, -0.25) is 14.2 Å². The molecule has 0 rings (SSSR count). The first-order valence-corrected chi connectivity index (χ1v) is 31.4. The minimum absolute atomic E-state index is 0.0366. The third kappa shape index (κ3) is 58.2. The van der Waals surface area contributed by atoms with Gasteiger partial charge in [-0.2, -0.15) is 0 Å². The Balaban J connectivity index is 4.18. The third-order valence-electron chi connectivity index (χ3n) is 12.6. The zero-order valence-electron chi connectivity index (χ0n) is 48.3. The molecule has 0 fully saturated rings. The Morgan fingerprint density at radius 3 is 1.15 bits per heavy atom. The Bertz CT molecular complexity index is 1570. The molecular formula is C64H112NO8P. The number of unbranched alkanes of at least 4 members (excludes halogenated alkanes) is 24. The van der Waals surface area contributed by atoms with E-state index in [-0.39, 0.29) is 32.0 Å². The molecule has 9 nitrogen and oxygen atoms in total. The minimum atomic E-state index is -4.64. The van der Waals surface area contributed by atoms with Gasteiger partial charge in [0, 0.05) is 12.8 Å². The van der Waals surface area contributed by atoms with Crippen LogP contribution in [0.4, 0.5) is 0 Å². The highest BCUT2D eigenvalue weighted by Crippen LogP contribution is 2.38. The summed E-state index contributed by atoms with van der Waals surface area (Å²) in [6.45, 7) is 4.11. The van der Waals surface area contributed by atoms with Crippen LogP contribution in [0.3, 0.4) is 0 Å². The van der Waals surface area contributed by atoms with E-state index >= 15 is 0 Å². The number of nitrogens with zero attached hydrogens (tertiary/aromatic N) is 1. The van der Waals surface area contributed by atoms with E-state index in [0.717, 1.165) is 103 Å². The van der Waals surface area contributed by atoms with Gasteiger partial charge >= 0.3 is 11.9 Å². The molecule has 0 aliphatic carbocycles. The highest BCUT2D eigenvalue weighted by Gasteiger charge is 2.22. The van der Waals surface area contributed by atoms with Gasteiger partial charge in [0.05, 0.1) is 27.7 Å². The summed E-state index contributed by atoms with van der Waals surface area (Å²) in [6, 6.07) is 0. The molecular weight excluding hydrogens is 942 g/mol. The number of carbonyl (C=O) groups excluding carboxylic acids is 2. The lowest BCUT2D eigenvalue weighted by molar-refractivity contribution is -0.870. The number of esters is 2. The highest BCUT2D eigenvalue weighted by atomic mass is 31.2. The molecule has 2 unspecified atom stereocenters. The van der Waals surface area contributed by atoms with Crippen LogP contribution in [0.25, 0.3) is 0 Å². The molecule has 0 saturated carbocycles. The SMILES string of the molecule is CC/C=C\C/C=C\C/C=C\C/C=C\C/C=C\C/C=C\CCCCCCCCCCCCC(=O)OC(COC(=O)CCCCCCCCCCC/C=C\C/C=C\CCCCCCC)COP(=O)([O-])OCC[N+](C)(C)C. The molecule has 0 amide bonds. The van der Waals surface area contributed by atoms with Gasteiger partial charge in [-0.05, 0) is 96.3 Å². The second kappa shape index (κ2) is 54.7. The van der Waals surface area contributed by atoms with Crippen LogP contribution in [0.5, 0.6) is 0 Å². The average Bonchev–Trinajstić information content (AvgIpc) is 3.36. The Kier molecular flexibility index (Phi) is 52.4. The van der Waals surface area contributed by atoms with Crippen molar-refractivity contribution in [1.29, 1.82) is 0 Å². The number of phosphoric acid groups is 1. The zero-order valence-corrected chi connectivity index (χ0v) is 49.2. The van der Waals surface area contributed by atoms with Crippen molar-refractivity contribution in [3.8, 4) is 0 Å². The summed E-state index contributed by atoms with van der Waals surface area (Å²) >= 11 is 0. The first-order chi connectivity index (χ1) is 36.0. The number of hydrogen-bond acceptors (Lipinski definition) is 8. The number of hydrogen-bond donors (Lipinski definition) is 0. The van der Waals surface area contributed by atoms with Crippen molar-refractivity contribution in [2.45, 2.75) is 251 Å². The average molecular weight is 1050 g/mol. The molecule has 0 aromatic heterocycles. The molecule has 0 bridgehead atoms. The summed E-state index contributed by atoms with van der Waals surface area (Å²) in [5, 5.41) is 0. The molecule has 0 radical (unpaired) electrons. The van der Waals surface area contributed by atoms with Gasteiger partial charge in [0.15, 0.2) is 6.10 Å². The number of rotatable bonds is 54. The monoisotopic (exact) mass is 1050 g/mol. The molecule has 0 aromatic carbocycles. The summed E-state index contributed by atoms with van der Waals surface area (Å²) in [6.07, 6.45) is 74.5. The van der Waals surface area contributed by atoms with Crippen molar-refractivity contribution < 1.29 is 42.1 Å². The maximum absolute atomic E-state index is 12.8. The molecule has 0 aliphatic rings. The van der Waals surface area contributed by atoms with Gasteiger partial charge in [0.25, 0.3) is 7.82 Å². The van der Waals surface area contributed by atoms with Crippen LogP contribution in [0.2, 0.25) is 0 Å². The maximum Gasteiger partial charge on any atom is 0.306 e. The van der Waals surface area contributed by atoms with E-state index in [0.29, 0.717) is 17.4 Å². The standard InChI is InChI=1S/C64H112NO8P/c1-6-8-10-12-14-16-18-20-22-24-26-28-29-30-31-32-33-34-35-37-39-41-43-45-47-49-51-53-55-57-64(67)73-62(61-72-74(68,69)71-59-58-65(3,4)5)60-70-63(66)56-54-52-50-48-46-44-42-40-38-36-27-25-23-21-19-17-15-13-11-9-7-2/h8,10,14,16,19-22,25-28,30-31,33-34,62H,6-7,9,11-13,15,17-18,23-24,29,32,35-61H2,1-5H3/b10-8-,16-14-,21-19-,22-20-,27-25-,28-26-,31-30-,34-33-. The van der Waals surface area contributed by atoms with Crippen molar-refractivity contribution in [1.82, 2.24) is 0 Å². The molecule has 0 heterocycles. The molecule has 0 saturated heterocycles. The van der Waals surface area contributed by atoms with Gasteiger partial charge < -0.3 is 27.9 Å². The Hall–Kier alpha value is -3.07. The topological polar surface area (TPSA) is 111 Å². The lowest BCUT2D eigenvalue weighted by atomic mass is 10.0. The van der Waals surface area contributed by atoms with E-state index in [2.05, 4.69) is 111 Å². The Morgan fingerprint density at radius 1 is 0.432 bits per heavy atom. The zero-order chi connectivity index (χ0) is 54.2. The molecule has 74 heavy (non-hydrogen) atoms. The van der Waals surface area contributed by atoms with Crippen LogP contribution in [0.1, 0.15) is 245 Å². The molecule has 2 atom stereocenters. The summed E-state index contributed by atoms with van der Waals surface area (Å²) in [4.78, 5) is 37.9. The summed E-state index contributed by atoms with van der Waals surface area (Å²) in [5.74, 6) is -0.844. The first-order valence-electron chi connectivity index (χ1n) is 29.9. The molecule has 426 valence electrons. The predicted molar refractivity (Wildman–Crippen MR) is 314 cm³/mol. The number of ether oxygens (including phenoxy) is 2. The van der Waals surface area contributed by atoms with Crippen molar-refractivity contribution >= 4 is 19.8 Å². The van der Waals surface area contributed by atoms with Gasteiger partial charge in [-0.15, -0.1) is 0 Å². The van der Waals surface area contributed by atoms with Crippen LogP contribution in [-0.2, 0) is 32.7 Å². The van der Waals surface area contributed by atoms with Crippen LogP contribution >= 0.6 is 7.82 Å². The fourth-order valence-electron chi connectivity index (χ4n) is 7.98. The van der Waals surface area contributed by atoms with Crippen LogP contribution in [0.15, 0.2) is 97.2 Å². The first kappa shape index (κ1) is 70.9. The minimum Gasteiger partial charge on any atom is -0.756 e. The van der Waals surface area contributed by atoms with Crippen LogP contribution < -0.4 is 4.89 Å². The number of quaternary nitrogens is 1. The second-order valence-corrected chi connectivity index (χ2v) is 22.4. The van der Waals surface area contributed by atoms with E-state index in [1.54, 1.807) is 0 Å². The Morgan fingerprint density at radius 2 is 0.770 bits per heavy atom. The lowest BCUT2D eigenvalue weighted by Gasteiger charge is -2.28. The van der Waals surface area contributed by atoms with E-state index in [4.69, 9.17) is 18.5 Å². The van der Waals surface area contributed by atoms with E-state index in [9.17, 15) is 19.0 Å². The smallest absolute Gasteiger partial charge is 0.306 e. The largest absolute Gasteiger partial charge is 0.756 e. The fourth-order valence-corrected chi connectivity index (χ4v) is 8.71. The quantitative estimate of drug-likeness (QED) is 0.0195. The summed E-state index contributed by atoms with van der Waals surface area (Å²) in [7, 11) is 1.15.